The molecule has 1 aromatic heterocycles. The van der Waals surface area contributed by atoms with E-state index in [1.54, 1.807) is 0 Å². The monoisotopic (exact) mass is 444 g/mol. The van der Waals surface area contributed by atoms with Crippen LogP contribution in [0, 0.1) is 11.3 Å². The highest BCUT2D eigenvalue weighted by molar-refractivity contribution is 6.13. The Morgan fingerprint density at radius 2 is 2.00 bits per heavy atom. The van der Waals surface area contributed by atoms with Gasteiger partial charge in [0.15, 0.2) is 5.76 Å². The van der Waals surface area contributed by atoms with Gasteiger partial charge < -0.3 is 23.7 Å². The Morgan fingerprint density at radius 3 is 2.75 bits per heavy atom. The molecule has 1 saturated carbocycles. The predicted molar refractivity (Wildman–Crippen MR) is 106 cm³/mol. The number of rotatable bonds is 5. The van der Waals surface area contributed by atoms with Crippen LogP contribution in [0.2, 0.25) is 0 Å². The molecule has 4 atom stereocenters. The zero-order valence-corrected chi connectivity index (χ0v) is 17.9. The summed E-state index contributed by atoms with van der Waals surface area (Å²) < 4.78 is 21.5. The van der Waals surface area contributed by atoms with Gasteiger partial charge >= 0.3 is 17.9 Å². The van der Waals surface area contributed by atoms with Gasteiger partial charge in [0.1, 0.15) is 37.8 Å². The van der Waals surface area contributed by atoms with Crippen molar-refractivity contribution in [3.8, 4) is 0 Å². The number of allylic oxidation sites excluding steroid dienone is 1. The fourth-order valence-corrected chi connectivity index (χ4v) is 6.17. The molecule has 0 saturated heterocycles. The number of fused-ring (bicyclic) bond motifs is 3. The second kappa shape index (κ2) is 7.03. The van der Waals surface area contributed by atoms with Gasteiger partial charge in [-0.3, -0.25) is 4.79 Å². The van der Waals surface area contributed by atoms with Crippen LogP contribution in [-0.2, 0) is 29.2 Å². The molecular weight excluding hydrogens is 420 g/mol. The number of ether oxygens (including phenoxy) is 3. The van der Waals surface area contributed by atoms with Crippen LogP contribution in [0.5, 0.6) is 0 Å². The average molecular weight is 444 g/mol. The number of carboxylic acids is 1. The lowest BCUT2D eigenvalue weighted by atomic mass is 9.56. The smallest absolute Gasteiger partial charge is 0.341 e. The second-order valence-electron chi connectivity index (χ2n) is 9.48. The molecule has 2 heterocycles. The molecule has 4 aliphatic rings. The molecule has 1 aromatic rings. The molecule has 0 spiro atoms. The Hall–Kier alpha value is -2.94. The van der Waals surface area contributed by atoms with Gasteiger partial charge in [0.05, 0.1) is 5.41 Å². The van der Waals surface area contributed by atoms with Crippen LogP contribution in [0.4, 0.5) is 0 Å². The highest BCUT2D eigenvalue weighted by Crippen LogP contribution is 2.61. The summed E-state index contributed by atoms with van der Waals surface area (Å²) in [6.45, 7) is 3.19. The van der Waals surface area contributed by atoms with Gasteiger partial charge in [0, 0.05) is 16.6 Å². The van der Waals surface area contributed by atoms with Crippen LogP contribution in [-0.4, -0.2) is 54.7 Å². The van der Waals surface area contributed by atoms with Crippen molar-refractivity contribution in [2.45, 2.75) is 51.0 Å². The van der Waals surface area contributed by atoms with E-state index in [1.165, 1.54) is 6.26 Å². The highest BCUT2D eigenvalue weighted by atomic mass is 16.6. The van der Waals surface area contributed by atoms with Gasteiger partial charge in [-0.15, -0.1) is 0 Å². The zero-order valence-electron chi connectivity index (χ0n) is 17.9. The van der Waals surface area contributed by atoms with Gasteiger partial charge in [-0.25, -0.2) is 14.4 Å². The number of carboxylic acid groups (broad SMARTS) is 1. The number of furan rings is 1. The van der Waals surface area contributed by atoms with Crippen molar-refractivity contribution in [2.24, 2.45) is 11.3 Å². The SMILES string of the molecule is CC12COC(=O)c3coc(c31)C(=O)C1=C2CCC2(C)C(OC(=O)COCC(=O)O)CCC12. The number of aliphatic carboxylic acids is 1. The minimum atomic E-state index is -1.16. The number of cyclic esters (lactones) is 1. The van der Waals surface area contributed by atoms with E-state index in [0.717, 1.165) is 5.57 Å². The van der Waals surface area contributed by atoms with Crippen LogP contribution in [0.25, 0.3) is 0 Å². The van der Waals surface area contributed by atoms with Crippen molar-refractivity contribution in [1.29, 1.82) is 0 Å². The first-order valence-electron chi connectivity index (χ1n) is 10.7. The quantitative estimate of drug-likeness (QED) is 0.681. The average Bonchev–Trinajstić information content (AvgIpc) is 3.32. The maximum absolute atomic E-state index is 13.5. The van der Waals surface area contributed by atoms with E-state index in [1.807, 2.05) is 13.8 Å². The maximum atomic E-state index is 13.5. The number of carbonyl (C=O) groups excluding carboxylic acids is 3. The van der Waals surface area contributed by atoms with E-state index in [4.69, 9.17) is 23.7 Å². The van der Waals surface area contributed by atoms with Crippen LogP contribution < -0.4 is 0 Å². The number of ketones is 1. The predicted octanol–water partition coefficient (Wildman–Crippen LogP) is 2.42. The van der Waals surface area contributed by atoms with E-state index in [-0.39, 0.29) is 24.1 Å². The lowest BCUT2D eigenvalue weighted by Gasteiger charge is -2.48. The Balaban J connectivity index is 1.44. The Bertz CT molecular complexity index is 1080. The van der Waals surface area contributed by atoms with Crippen molar-refractivity contribution in [2.75, 3.05) is 19.8 Å². The molecular formula is C23H24O9. The molecule has 1 fully saturated rings. The summed E-state index contributed by atoms with van der Waals surface area (Å²) in [6, 6.07) is 0. The Kier molecular flexibility index (Phi) is 4.60. The highest BCUT2D eigenvalue weighted by Gasteiger charge is 2.59. The number of Topliss-reactive ketones (excluding diaryl/α,β-unsaturated/α-hetero) is 1. The van der Waals surface area contributed by atoms with Crippen LogP contribution >= 0.6 is 0 Å². The molecule has 0 aromatic carbocycles. The molecule has 0 bridgehead atoms. The minimum absolute atomic E-state index is 0.118. The summed E-state index contributed by atoms with van der Waals surface area (Å²) in [6.07, 6.45) is 3.52. The lowest BCUT2D eigenvalue weighted by Crippen LogP contribution is -2.48. The van der Waals surface area contributed by atoms with Crippen molar-refractivity contribution in [3.05, 3.63) is 34.3 Å². The summed E-state index contributed by atoms with van der Waals surface area (Å²) >= 11 is 0. The molecule has 5 rings (SSSR count). The first-order valence-corrected chi connectivity index (χ1v) is 10.7. The minimum Gasteiger partial charge on any atom is -0.480 e. The van der Waals surface area contributed by atoms with E-state index < -0.39 is 48.1 Å². The fourth-order valence-electron chi connectivity index (χ4n) is 6.17. The van der Waals surface area contributed by atoms with Crippen LogP contribution in [0.3, 0.4) is 0 Å². The first kappa shape index (κ1) is 20.9. The fraction of sp³-hybridized carbons (Fsp3) is 0.565. The Labute approximate surface area is 183 Å². The molecule has 9 heteroatoms. The molecule has 170 valence electrons. The molecule has 0 radical (unpaired) electrons. The standard InChI is InChI=1S/C23H24O9/c1-22-6-5-13-17(12(22)3-4-14(22)32-16(26)9-29-8-15(24)25)19(27)20-18-11(7-30-20)21(28)31-10-23(13,18)2/h7,12,14H,3-6,8-10H2,1-2H3,(H,24,25). The van der Waals surface area contributed by atoms with Crippen molar-refractivity contribution in [1.82, 2.24) is 0 Å². The summed E-state index contributed by atoms with van der Waals surface area (Å²) in [4.78, 5) is 48.5. The van der Waals surface area contributed by atoms with E-state index in [2.05, 4.69) is 0 Å². The molecule has 1 aliphatic heterocycles. The molecule has 4 unspecified atom stereocenters. The van der Waals surface area contributed by atoms with Crippen molar-refractivity contribution in [3.63, 3.8) is 0 Å². The van der Waals surface area contributed by atoms with E-state index >= 15 is 0 Å². The summed E-state index contributed by atoms with van der Waals surface area (Å²) in [5, 5.41) is 8.64. The van der Waals surface area contributed by atoms with Gasteiger partial charge in [-0.1, -0.05) is 6.92 Å². The summed E-state index contributed by atoms with van der Waals surface area (Å²) in [7, 11) is 0. The molecule has 3 aliphatic carbocycles. The zero-order chi connectivity index (χ0) is 22.8. The van der Waals surface area contributed by atoms with Crippen molar-refractivity contribution < 1.29 is 42.9 Å². The largest absolute Gasteiger partial charge is 0.480 e. The first-order chi connectivity index (χ1) is 15.2. The third-order valence-electron chi connectivity index (χ3n) is 7.73. The van der Waals surface area contributed by atoms with E-state index in [9.17, 15) is 19.2 Å². The number of hydrogen-bond acceptors (Lipinski definition) is 8. The summed E-state index contributed by atoms with van der Waals surface area (Å²) in [5.41, 5.74) is 1.61. The molecule has 1 N–H and O–H groups in total. The van der Waals surface area contributed by atoms with Gasteiger partial charge in [0.25, 0.3) is 0 Å². The summed E-state index contributed by atoms with van der Waals surface area (Å²) in [5.74, 6) is -2.34. The second-order valence-corrected chi connectivity index (χ2v) is 9.48. The van der Waals surface area contributed by atoms with Crippen LogP contribution in [0.1, 0.15) is 66.0 Å². The van der Waals surface area contributed by atoms with Gasteiger partial charge in [0.2, 0.25) is 5.78 Å². The number of esters is 2. The van der Waals surface area contributed by atoms with Crippen LogP contribution in [0.15, 0.2) is 21.8 Å². The maximum Gasteiger partial charge on any atom is 0.341 e. The third kappa shape index (κ3) is 2.80. The third-order valence-corrected chi connectivity index (χ3v) is 7.73. The number of carbonyl (C=O) groups is 4. The topological polar surface area (TPSA) is 129 Å². The number of hydrogen-bond donors (Lipinski definition) is 1. The van der Waals surface area contributed by atoms with E-state index in [0.29, 0.717) is 42.4 Å². The van der Waals surface area contributed by atoms with Gasteiger partial charge in [-0.05, 0) is 44.1 Å². The normalized spacial score (nSPS) is 32.7. The lowest BCUT2D eigenvalue weighted by molar-refractivity contribution is -0.162. The Morgan fingerprint density at radius 1 is 1.22 bits per heavy atom. The molecule has 0 amide bonds. The molecule has 32 heavy (non-hydrogen) atoms. The van der Waals surface area contributed by atoms with Crippen molar-refractivity contribution >= 4 is 23.7 Å². The van der Waals surface area contributed by atoms with Gasteiger partial charge in [-0.2, -0.15) is 0 Å². The molecule has 9 nitrogen and oxygen atoms in total.